The number of hydrogen-bond acceptors (Lipinski definition) is 7. The summed E-state index contributed by atoms with van der Waals surface area (Å²) < 4.78 is 18.4. The quantitative estimate of drug-likeness (QED) is 0.628. The van der Waals surface area contributed by atoms with Crippen molar-refractivity contribution in [3.63, 3.8) is 0 Å². The number of halogens is 1. The molecule has 10 heteroatoms. The Balaban J connectivity index is 1.35. The zero-order chi connectivity index (χ0) is 22.5. The van der Waals surface area contributed by atoms with Crippen molar-refractivity contribution in [3.8, 4) is 0 Å². The first-order valence-corrected chi connectivity index (χ1v) is 10.4. The van der Waals surface area contributed by atoms with Crippen molar-refractivity contribution in [2.75, 3.05) is 13.1 Å². The highest BCUT2D eigenvalue weighted by molar-refractivity contribution is 5.95. The van der Waals surface area contributed by atoms with Gasteiger partial charge in [-0.3, -0.25) is 9.59 Å². The first kappa shape index (κ1) is 21.5. The minimum Gasteiger partial charge on any atom is -0.348 e. The lowest BCUT2D eigenvalue weighted by Crippen LogP contribution is -2.39. The van der Waals surface area contributed by atoms with Crippen molar-refractivity contribution < 1.29 is 18.6 Å². The Hall–Kier alpha value is -3.69. The van der Waals surface area contributed by atoms with Gasteiger partial charge in [-0.05, 0) is 43.3 Å². The van der Waals surface area contributed by atoms with Crippen LogP contribution in [-0.4, -0.2) is 50.1 Å². The van der Waals surface area contributed by atoms with E-state index in [1.54, 1.807) is 30.0 Å². The Kier molecular flexibility index (Phi) is 6.48. The van der Waals surface area contributed by atoms with Gasteiger partial charge in [0.25, 0.3) is 11.8 Å². The average Bonchev–Trinajstić information content (AvgIpc) is 3.24. The summed E-state index contributed by atoms with van der Waals surface area (Å²) in [4.78, 5) is 35.3. The molecule has 9 nitrogen and oxygen atoms in total. The third-order valence-electron chi connectivity index (χ3n) is 5.68. The molecule has 0 atom stereocenters. The second-order valence-electron chi connectivity index (χ2n) is 7.80. The Morgan fingerprint density at radius 1 is 1.22 bits per heavy atom. The predicted octanol–water partition coefficient (Wildman–Crippen LogP) is 2.33. The maximum absolute atomic E-state index is 13.8. The Morgan fingerprint density at radius 3 is 2.72 bits per heavy atom. The maximum Gasteiger partial charge on any atom is 0.278 e. The molecule has 0 unspecified atom stereocenters. The van der Waals surface area contributed by atoms with E-state index in [0.717, 1.165) is 12.8 Å². The van der Waals surface area contributed by atoms with Crippen molar-refractivity contribution in [2.45, 2.75) is 32.7 Å². The molecule has 0 saturated carbocycles. The Morgan fingerprint density at radius 2 is 2.00 bits per heavy atom. The van der Waals surface area contributed by atoms with Crippen molar-refractivity contribution in [1.82, 2.24) is 30.5 Å². The molecule has 3 heterocycles. The number of aryl methyl sites for hydroxylation is 1. The van der Waals surface area contributed by atoms with Gasteiger partial charge in [-0.25, -0.2) is 19.0 Å². The first-order valence-electron chi connectivity index (χ1n) is 10.4. The number of benzene rings is 1. The lowest BCUT2D eigenvalue weighted by Gasteiger charge is -2.31. The average molecular weight is 438 g/mol. The number of amides is 2. The van der Waals surface area contributed by atoms with Gasteiger partial charge < -0.3 is 10.2 Å². The van der Waals surface area contributed by atoms with Crippen LogP contribution in [0.15, 0.2) is 41.4 Å². The molecule has 32 heavy (non-hydrogen) atoms. The number of nitrogens with zero attached hydrogens (tertiary/aromatic N) is 5. The van der Waals surface area contributed by atoms with Crippen LogP contribution in [0.25, 0.3) is 0 Å². The fourth-order valence-electron chi connectivity index (χ4n) is 3.81. The van der Waals surface area contributed by atoms with Crippen LogP contribution < -0.4 is 5.32 Å². The summed E-state index contributed by atoms with van der Waals surface area (Å²) in [6.45, 7) is 2.92. The lowest BCUT2D eigenvalue weighted by molar-refractivity contribution is 0.0678. The number of carbonyl (C=O) groups is 2. The highest BCUT2D eigenvalue weighted by atomic mass is 19.1. The van der Waals surface area contributed by atoms with Crippen LogP contribution in [0.5, 0.6) is 0 Å². The zero-order valence-corrected chi connectivity index (χ0v) is 17.6. The van der Waals surface area contributed by atoms with Gasteiger partial charge in [0.15, 0.2) is 5.69 Å². The van der Waals surface area contributed by atoms with Gasteiger partial charge in [-0.1, -0.05) is 23.4 Å². The molecular formula is C22H23FN6O3. The standard InChI is InChI=1S/C22H23FN6O3/c1-14-20(28-32-27-14)22(31)29-8-6-15(7-9-29)10-19-17(12-24-13-26-19)21(30)25-11-16-4-2-3-5-18(16)23/h2-5,12-13,15H,6-11H2,1H3,(H,25,30). The summed E-state index contributed by atoms with van der Waals surface area (Å²) in [6.07, 6.45) is 5.05. The molecule has 2 aromatic heterocycles. The summed E-state index contributed by atoms with van der Waals surface area (Å²) in [5.74, 6) is -0.623. The van der Waals surface area contributed by atoms with Crippen molar-refractivity contribution >= 4 is 11.8 Å². The summed E-state index contributed by atoms with van der Waals surface area (Å²) in [5.41, 5.74) is 2.16. The molecular weight excluding hydrogens is 415 g/mol. The number of likely N-dealkylation sites (tertiary alicyclic amines) is 1. The molecule has 1 aromatic carbocycles. The first-order chi connectivity index (χ1) is 15.5. The minimum atomic E-state index is -0.366. The SMILES string of the molecule is Cc1nonc1C(=O)N1CCC(Cc2ncncc2C(=O)NCc2ccccc2F)CC1. The van der Waals surface area contributed by atoms with E-state index in [-0.39, 0.29) is 35.8 Å². The topological polar surface area (TPSA) is 114 Å². The molecule has 1 aliphatic heterocycles. The summed E-state index contributed by atoms with van der Waals surface area (Å²) >= 11 is 0. The maximum atomic E-state index is 13.8. The van der Waals surface area contributed by atoms with Crippen LogP contribution in [0, 0.1) is 18.7 Å². The molecule has 0 aliphatic carbocycles. The number of nitrogens with one attached hydrogen (secondary N) is 1. The van der Waals surface area contributed by atoms with Crippen molar-refractivity contribution in [1.29, 1.82) is 0 Å². The molecule has 0 spiro atoms. The summed E-state index contributed by atoms with van der Waals surface area (Å²) in [7, 11) is 0. The van der Waals surface area contributed by atoms with Crippen LogP contribution >= 0.6 is 0 Å². The number of rotatable bonds is 6. The molecule has 2 amide bonds. The molecule has 166 valence electrons. The molecule has 0 radical (unpaired) electrons. The zero-order valence-electron chi connectivity index (χ0n) is 17.6. The molecule has 1 aliphatic rings. The van der Waals surface area contributed by atoms with Gasteiger partial charge in [-0.2, -0.15) is 0 Å². The van der Waals surface area contributed by atoms with Crippen LogP contribution in [0.4, 0.5) is 4.39 Å². The fourth-order valence-corrected chi connectivity index (χ4v) is 3.81. The van der Waals surface area contributed by atoms with Gasteiger partial charge in [0, 0.05) is 31.4 Å². The van der Waals surface area contributed by atoms with E-state index in [1.165, 1.54) is 18.6 Å². The fraction of sp³-hybridized carbons (Fsp3) is 0.364. The predicted molar refractivity (Wildman–Crippen MR) is 111 cm³/mol. The van der Waals surface area contributed by atoms with Crippen molar-refractivity contribution in [2.24, 2.45) is 5.92 Å². The Bertz CT molecular complexity index is 1110. The molecule has 1 fully saturated rings. The highest BCUT2D eigenvalue weighted by Crippen LogP contribution is 2.23. The number of piperidine rings is 1. The van der Waals surface area contributed by atoms with E-state index in [2.05, 4.69) is 30.2 Å². The number of hydrogen-bond donors (Lipinski definition) is 1. The van der Waals surface area contributed by atoms with Gasteiger partial charge in [-0.15, -0.1) is 0 Å². The molecule has 0 bridgehead atoms. The summed E-state index contributed by atoms with van der Waals surface area (Å²) in [6, 6.07) is 6.31. The smallest absolute Gasteiger partial charge is 0.278 e. The van der Waals surface area contributed by atoms with E-state index in [0.29, 0.717) is 42.0 Å². The Labute approximate surface area is 184 Å². The summed E-state index contributed by atoms with van der Waals surface area (Å²) in [5, 5.41) is 10.1. The van der Waals surface area contributed by atoms with E-state index in [9.17, 15) is 14.0 Å². The van der Waals surface area contributed by atoms with Gasteiger partial charge in [0.1, 0.15) is 17.8 Å². The van der Waals surface area contributed by atoms with Crippen LogP contribution in [0.1, 0.15) is 50.6 Å². The third-order valence-corrected chi connectivity index (χ3v) is 5.68. The van der Waals surface area contributed by atoms with Gasteiger partial charge in [0.2, 0.25) is 0 Å². The largest absolute Gasteiger partial charge is 0.348 e. The van der Waals surface area contributed by atoms with Crippen LogP contribution in [-0.2, 0) is 13.0 Å². The normalized spacial score (nSPS) is 14.4. The van der Waals surface area contributed by atoms with E-state index >= 15 is 0 Å². The lowest BCUT2D eigenvalue weighted by atomic mass is 9.90. The second-order valence-corrected chi connectivity index (χ2v) is 7.80. The monoisotopic (exact) mass is 438 g/mol. The van der Waals surface area contributed by atoms with E-state index in [4.69, 9.17) is 0 Å². The minimum absolute atomic E-state index is 0.0800. The van der Waals surface area contributed by atoms with E-state index < -0.39 is 0 Å². The number of carbonyl (C=O) groups excluding carboxylic acids is 2. The third kappa shape index (κ3) is 4.79. The highest BCUT2D eigenvalue weighted by Gasteiger charge is 2.28. The van der Waals surface area contributed by atoms with Crippen molar-refractivity contribution in [3.05, 3.63) is 70.8 Å². The molecule has 4 rings (SSSR count). The van der Waals surface area contributed by atoms with Crippen LogP contribution in [0.3, 0.4) is 0 Å². The van der Waals surface area contributed by atoms with Crippen LogP contribution in [0.2, 0.25) is 0 Å². The second kappa shape index (κ2) is 9.63. The van der Waals surface area contributed by atoms with Gasteiger partial charge in [0.05, 0.1) is 11.3 Å². The van der Waals surface area contributed by atoms with Gasteiger partial charge >= 0.3 is 0 Å². The molecule has 1 saturated heterocycles. The molecule has 1 N–H and O–H groups in total. The molecule has 3 aromatic rings. The number of aromatic nitrogens is 4. The van der Waals surface area contributed by atoms with E-state index in [1.807, 2.05) is 0 Å².